The van der Waals surface area contributed by atoms with Gasteiger partial charge in [0.2, 0.25) is 5.91 Å². The van der Waals surface area contributed by atoms with Crippen LogP contribution in [0.3, 0.4) is 0 Å². The molecule has 90 valence electrons. The lowest BCUT2D eigenvalue weighted by molar-refractivity contribution is -0.119. The van der Waals surface area contributed by atoms with E-state index in [0.29, 0.717) is 11.7 Å². The summed E-state index contributed by atoms with van der Waals surface area (Å²) < 4.78 is 0. The van der Waals surface area contributed by atoms with Gasteiger partial charge in [0, 0.05) is 17.8 Å². The Kier molecular flexibility index (Phi) is 3.88. The molecule has 1 amide bonds. The minimum atomic E-state index is -0.191. The van der Waals surface area contributed by atoms with Gasteiger partial charge in [0.25, 0.3) is 0 Å². The van der Waals surface area contributed by atoms with Crippen molar-refractivity contribution < 1.29 is 4.79 Å². The quantitative estimate of drug-likeness (QED) is 0.894. The number of carbonyl (C=O) groups excluding carboxylic acids is 1. The van der Waals surface area contributed by atoms with Gasteiger partial charge in [0.15, 0.2) is 5.13 Å². The fourth-order valence-electron chi connectivity index (χ4n) is 1.20. The average molecular weight is 267 g/mol. The molecule has 2 aromatic heterocycles. The number of rotatable bonds is 4. The third-order valence-corrected chi connectivity index (χ3v) is 3.96. The lowest BCUT2D eigenvalue weighted by atomic mass is 10.2. The normalized spacial score (nSPS) is 12.4. The summed E-state index contributed by atoms with van der Waals surface area (Å²) in [7, 11) is 0. The minimum Gasteiger partial charge on any atom is -0.330 e. The number of aromatic nitrogens is 1. The topological polar surface area (TPSA) is 68.0 Å². The Morgan fingerprint density at radius 2 is 2.41 bits per heavy atom. The van der Waals surface area contributed by atoms with Gasteiger partial charge in [0.1, 0.15) is 0 Å². The van der Waals surface area contributed by atoms with Crippen molar-refractivity contribution in [1.82, 2.24) is 4.98 Å². The molecule has 4 nitrogen and oxygen atoms in total. The molecule has 6 heteroatoms. The first-order chi connectivity index (χ1) is 8.20. The monoisotopic (exact) mass is 267 g/mol. The molecule has 2 heterocycles. The summed E-state index contributed by atoms with van der Waals surface area (Å²) in [5.74, 6) is -0.274. The molecule has 1 unspecified atom stereocenters. The van der Waals surface area contributed by atoms with Crippen LogP contribution in [-0.2, 0) is 4.79 Å². The Morgan fingerprint density at radius 1 is 1.59 bits per heavy atom. The highest BCUT2D eigenvalue weighted by Gasteiger charge is 2.13. The van der Waals surface area contributed by atoms with E-state index in [2.05, 4.69) is 10.3 Å². The number of thiophene rings is 1. The third-order valence-electron chi connectivity index (χ3n) is 2.31. The van der Waals surface area contributed by atoms with Crippen molar-refractivity contribution in [1.29, 1.82) is 0 Å². The minimum absolute atomic E-state index is 0.0837. The van der Waals surface area contributed by atoms with Gasteiger partial charge in [-0.25, -0.2) is 4.98 Å². The van der Waals surface area contributed by atoms with Crippen molar-refractivity contribution in [3.05, 3.63) is 22.9 Å². The second-order valence-corrected chi connectivity index (χ2v) is 5.45. The molecule has 0 aliphatic rings. The summed E-state index contributed by atoms with van der Waals surface area (Å²) in [6.45, 7) is 2.14. The van der Waals surface area contributed by atoms with Gasteiger partial charge in [-0.15, -0.1) is 22.7 Å². The summed E-state index contributed by atoms with van der Waals surface area (Å²) in [5.41, 5.74) is 6.34. The smallest absolute Gasteiger partial charge is 0.230 e. The maximum absolute atomic E-state index is 11.6. The standard InChI is InChI=1S/C11H13N3OS2/c1-7(5-12)10(15)14-11-13-8(6-17-11)9-3-2-4-16-9/h2-4,6-7H,5,12H2,1H3,(H,13,14,15). The molecule has 3 N–H and O–H groups in total. The summed E-state index contributed by atoms with van der Waals surface area (Å²) in [4.78, 5) is 17.1. The number of nitrogens with zero attached hydrogens (tertiary/aromatic N) is 1. The van der Waals surface area contributed by atoms with Gasteiger partial charge in [-0.1, -0.05) is 13.0 Å². The van der Waals surface area contributed by atoms with Crippen LogP contribution in [0.5, 0.6) is 0 Å². The Hall–Kier alpha value is -1.24. The molecule has 0 radical (unpaired) electrons. The van der Waals surface area contributed by atoms with Crippen molar-refractivity contribution in [3.8, 4) is 10.6 Å². The molecular weight excluding hydrogens is 254 g/mol. The van der Waals surface area contributed by atoms with Gasteiger partial charge in [-0.3, -0.25) is 4.79 Å². The van der Waals surface area contributed by atoms with Crippen LogP contribution in [0.15, 0.2) is 22.9 Å². The number of anilines is 1. The summed E-state index contributed by atoms with van der Waals surface area (Å²) in [5, 5.41) is 7.33. The number of carbonyl (C=O) groups is 1. The van der Waals surface area contributed by atoms with Crippen molar-refractivity contribution in [3.63, 3.8) is 0 Å². The highest BCUT2D eigenvalue weighted by atomic mass is 32.1. The van der Waals surface area contributed by atoms with Crippen molar-refractivity contribution >= 4 is 33.7 Å². The van der Waals surface area contributed by atoms with Gasteiger partial charge >= 0.3 is 0 Å². The molecular formula is C11H13N3OS2. The van der Waals surface area contributed by atoms with Crippen LogP contribution in [0.2, 0.25) is 0 Å². The van der Waals surface area contributed by atoms with E-state index in [0.717, 1.165) is 10.6 Å². The van der Waals surface area contributed by atoms with E-state index >= 15 is 0 Å². The highest BCUT2D eigenvalue weighted by molar-refractivity contribution is 7.16. The predicted molar refractivity (Wildman–Crippen MR) is 72.3 cm³/mol. The molecule has 0 aliphatic heterocycles. The van der Waals surface area contributed by atoms with Crippen molar-refractivity contribution in [2.45, 2.75) is 6.92 Å². The predicted octanol–water partition coefficient (Wildman–Crippen LogP) is 2.40. The second kappa shape index (κ2) is 5.39. The van der Waals surface area contributed by atoms with Crippen LogP contribution in [0.4, 0.5) is 5.13 Å². The van der Waals surface area contributed by atoms with E-state index in [1.54, 1.807) is 18.3 Å². The zero-order valence-corrected chi connectivity index (χ0v) is 11.0. The van der Waals surface area contributed by atoms with Crippen LogP contribution in [-0.4, -0.2) is 17.4 Å². The van der Waals surface area contributed by atoms with Crippen LogP contribution in [0.1, 0.15) is 6.92 Å². The third kappa shape index (κ3) is 2.91. The molecule has 1 atom stereocenters. The lowest BCUT2D eigenvalue weighted by Gasteiger charge is -2.06. The van der Waals surface area contributed by atoms with E-state index in [1.165, 1.54) is 11.3 Å². The van der Waals surface area contributed by atoms with Crippen LogP contribution < -0.4 is 11.1 Å². The molecule has 0 spiro atoms. The van der Waals surface area contributed by atoms with Crippen molar-refractivity contribution in [2.24, 2.45) is 11.7 Å². The largest absolute Gasteiger partial charge is 0.330 e. The van der Waals surface area contributed by atoms with Crippen LogP contribution in [0.25, 0.3) is 10.6 Å². The molecule has 2 rings (SSSR count). The number of hydrogen-bond donors (Lipinski definition) is 2. The zero-order valence-electron chi connectivity index (χ0n) is 9.34. The van der Waals surface area contributed by atoms with Crippen LogP contribution >= 0.6 is 22.7 Å². The van der Waals surface area contributed by atoms with Gasteiger partial charge in [-0.2, -0.15) is 0 Å². The number of amides is 1. The maximum Gasteiger partial charge on any atom is 0.230 e. The molecule has 2 aromatic rings. The Balaban J connectivity index is 2.07. The van der Waals surface area contributed by atoms with Gasteiger partial charge < -0.3 is 11.1 Å². The highest BCUT2D eigenvalue weighted by Crippen LogP contribution is 2.28. The summed E-state index contributed by atoms with van der Waals surface area (Å²) in [6, 6.07) is 3.99. The average Bonchev–Trinajstić information content (AvgIpc) is 2.97. The molecule has 0 saturated carbocycles. The van der Waals surface area contributed by atoms with Crippen LogP contribution in [0, 0.1) is 5.92 Å². The number of nitrogens with one attached hydrogen (secondary N) is 1. The SMILES string of the molecule is CC(CN)C(=O)Nc1nc(-c2cccs2)cs1. The molecule has 0 bridgehead atoms. The first kappa shape index (κ1) is 12.2. The Bertz CT molecular complexity index is 493. The van der Waals surface area contributed by atoms with Gasteiger partial charge in [-0.05, 0) is 11.4 Å². The van der Waals surface area contributed by atoms with E-state index < -0.39 is 0 Å². The number of nitrogens with two attached hydrogens (primary N) is 1. The molecule has 0 saturated heterocycles. The van der Waals surface area contributed by atoms with E-state index in [-0.39, 0.29) is 11.8 Å². The van der Waals surface area contributed by atoms with Gasteiger partial charge in [0.05, 0.1) is 10.6 Å². The van der Waals surface area contributed by atoms with E-state index in [9.17, 15) is 4.79 Å². The number of hydrogen-bond acceptors (Lipinski definition) is 5. The Labute approximate surface area is 107 Å². The summed E-state index contributed by atoms with van der Waals surface area (Å²) >= 11 is 3.06. The molecule has 17 heavy (non-hydrogen) atoms. The van der Waals surface area contributed by atoms with E-state index in [4.69, 9.17) is 5.73 Å². The maximum atomic E-state index is 11.6. The lowest BCUT2D eigenvalue weighted by Crippen LogP contribution is -2.26. The molecule has 0 aliphatic carbocycles. The first-order valence-electron chi connectivity index (χ1n) is 5.21. The molecule has 0 aromatic carbocycles. The Morgan fingerprint density at radius 3 is 3.06 bits per heavy atom. The molecule has 0 fully saturated rings. The first-order valence-corrected chi connectivity index (χ1v) is 6.97. The number of thiazole rings is 1. The fraction of sp³-hybridized carbons (Fsp3) is 0.273. The summed E-state index contributed by atoms with van der Waals surface area (Å²) in [6.07, 6.45) is 0. The second-order valence-electron chi connectivity index (χ2n) is 3.64. The zero-order chi connectivity index (χ0) is 12.3. The fourth-order valence-corrected chi connectivity index (χ4v) is 2.68. The van der Waals surface area contributed by atoms with Crippen molar-refractivity contribution in [2.75, 3.05) is 11.9 Å². The van der Waals surface area contributed by atoms with E-state index in [1.807, 2.05) is 22.9 Å².